The van der Waals surface area contributed by atoms with Crippen LogP contribution in [0.2, 0.25) is 0 Å². The van der Waals surface area contributed by atoms with E-state index in [-0.39, 0.29) is 0 Å². The summed E-state index contributed by atoms with van der Waals surface area (Å²) in [5.41, 5.74) is 3.60. The van der Waals surface area contributed by atoms with Crippen LogP contribution in [-0.4, -0.2) is 15.9 Å². The first-order valence-electron chi connectivity index (χ1n) is 3.32. The molecule has 1 aliphatic heterocycles. The zero-order valence-corrected chi connectivity index (χ0v) is 7.27. The molecule has 0 unspecified atom stereocenters. The number of hydrazine groups is 1. The summed E-state index contributed by atoms with van der Waals surface area (Å²) >= 11 is -0.833. The molecule has 0 saturated carbocycles. The SMILES string of the molecule is c1ccc(N2N[O][AlH][O]2)cc1. The summed E-state index contributed by atoms with van der Waals surface area (Å²) < 4.78 is 10.1. The molecule has 1 aliphatic rings. The number of nitrogens with one attached hydrogen (secondary N) is 1. The second kappa shape index (κ2) is 3.22. The van der Waals surface area contributed by atoms with Crippen molar-refractivity contribution >= 4 is 21.6 Å². The third-order valence-corrected chi connectivity index (χ3v) is 1.99. The van der Waals surface area contributed by atoms with Gasteiger partial charge in [0.05, 0.1) is 5.69 Å². The van der Waals surface area contributed by atoms with Gasteiger partial charge in [0.2, 0.25) is 0 Å². The lowest BCUT2D eigenvalue weighted by molar-refractivity contribution is 0.198. The molecule has 1 heterocycles. The fourth-order valence-electron chi connectivity index (χ4n) is 0.881. The van der Waals surface area contributed by atoms with Gasteiger partial charge in [-0.2, -0.15) is 5.17 Å². The van der Waals surface area contributed by atoms with E-state index in [0.717, 1.165) is 5.69 Å². The highest BCUT2D eigenvalue weighted by atomic mass is 27.2. The van der Waals surface area contributed by atoms with Gasteiger partial charge in [-0.15, -0.1) is 5.59 Å². The van der Waals surface area contributed by atoms with Gasteiger partial charge in [0.15, 0.2) is 0 Å². The average molecular weight is 166 g/mol. The Morgan fingerprint density at radius 3 is 2.73 bits per heavy atom. The minimum absolute atomic E-state index is 0.833. The molecule has 56 valence electrons. The lowest BCUT2D eigenvalue weighted by atomic mass is 10.3. The minimum atomic E-state index is -0.833. The van der Waals surface area contributed by atoms with Crippen LogP contribution in [0.25, 0.3) is 0 Å². The van der Waals surface area contributed by atoms with E-state index < -0.39 is 15.9 Å². The lowest BCUT2D eigenvalue weighted by Gasteiger charge is -2.15. The van der Waals surface area contributed by atoms with Crippen LogP contribution in [0.15, 0.2) is 30.3 Å². The van der Waals surface area contributed by atoms with Crippen LogP contribution in [0.1, 0.15) is 0 Å². The lowest BCUT2D eigenvalue weighted by Crippen LogP contribution is -2.28. The van der Waals surface area contributed by atoms with E-state index in [1.165, 1.54) is 5.17 Å². The molecule has 0 bridgehead atoms. The third-order valence-electron chi connectivity index (χ3n) is 1.38. The number of benzene rings is 1. The van der Waals surface area contributed by atoms with Crippen molar-refractivity contribution in [1.29, 1.82) is 0 Å². The van der Waals surface area contributed by atoms with E-state index in [0.29, 0.717) is 0 Å². The molecule has 0 radical (unpaired) electrons. The normalized spacial score (nSPS) is 16.5. The number of hydrogen-bond donors (Lipinski definition) is 1. The molecule has 1 saturated heterocycles. The standard InChI is InChI=1S/C6H6N2O2.Al.H/c9-7-8(10)6-4-2-1-3-5-6;;/h1-5,7H;;/q-2;+2;. The summed E-state index contributed by atoms with van der Waals surface area (Å²) in [6.07, 6.45) is 0. The van der Waals surface area contributed by atoms with Crippen LogP contribution < -0.4 is 10.8 Å². The number of hydrogen-bond acceptors (Lipinski definition) is 4. The van der Waals surface area contributed by atoms with Gasteiger partial charge in [-0.05, 0) is 12.1 Å². The van der Waals surface area contributed by atoms with Crippen molar-refractivity contribution in [2.24, 2.45) is 0 Å². The largest absolute Gasteiger partial charge is 0.693 e. The minimum Gasteiger partial charge on any atom is -0.377 e. The van der Waals surface area contributed by atoms with Gasteiger partial charge >= 0.3 is 15.9 Å². The van der Waals surface area contributed by atoms with E-state index in [2.05, 4.69) is 5.59 Å². The van der Waals surface area contributed by atoms with Crippen LogP contribution >= 0.6 is 0 Å². The van der Waals surface area contributed by atoms with Gasteiger partial charge in [-0.3, -0.25) is 0 Å². The first-order valence-corrected chi connectivity index (χ1v) is 4.48. The van der Waals surface area contributed by atoms with Gasteiger partial charge in [0.1, 0.15) is 0 Å². The smallest absolute Gasteiger partial charge is 0.377 e. The molecular formula is C6H7AlN2O2. The monoisotopic (exact) mass is 166 g/mol. The molecule has 4 nitrogen and oxygen atoms in total. The molecule has 0 atom stereocenters. The molecule has 1 aromatic rings. The molecule has 5 heteroatoms. The summed E-state index contributed by atoms with van der Waals surface area (Å²) in [6.45, 7) is 0. The van der Waals surface area contributed by atoms with Crippen molar-refractivity contribution in [3.63, 3.8) is 0 Å². The summed E-state index contributed by atoms with van der Waals surface area (Å²) in [5, 5.41) is 1.53. The van der Waals surface area contributed by atoms with E-state index in [1.54, 1.807) is 0 Å². The Balaban J connectivity index is 2.16. The van der Waals surface area contributed by atoms with Crippen molar-refractivity contribution in [3.05, 3.63) is 30.3 Å². The second-order valence-corrected chi connectivity index (χ2v) is 2.90. The van der Waals surface area contributed by atoms with Gasteiger partial charge < -0.3 is 7.78 Å². The molecule has 2 rings (SSSR count). The molecule has 0 spiro atoms. The molecule has 0 aliphatic carbocycles. The van der Waals surface area contributed by atoms with Crippen molar-refractivity contribution in [3.8, 4) is 0 Å². The second-order valence-electron chi connectivity index (χ2n) is 2.11. The maximum absolute atomic E-state index is 5.18. The predicted octanol–water partition coefficient (Wildman–Crippen LogP) is 0.141. The molecule has 0 amide bonds. The van der Waals surface area contributed by atoms with E-state index in [9.17, 15) is 0 Å². The summed E-state index contributed by atoms with van der Waals surface area (Å²) in [5.74, 6) is 0. The quantitative estimate of drug-likeness (QED) is 0.602. The number of anilines is 1. The molecular weight excluding hydrogens is 159 g/mol. The van der Waals surface area contributed by atoms with E-state index in [1.807, 2.05) is 30.3 Å². The topological polar surface area (TPSA) is 33.7 Å². The first-order chi connectivity index (χ1) is 5.47. The molecule has 0 aromatic heterocycles. The summed E-state index contributed by atoms with van der Waals surface area (Å²) in [6, 6.07) is 9.73. The third kappa shape index (κ3) is 1.53. The number of nitrogens with zero attached hydrogens (tertiary/aromatic N) is 1. The fraction of sp³-hybridized carbons (Fsp3) is 0. The predicted molar refractivity (Wildman–Crippen MR) is 41.4 cm³/mol. The highest BCUT2D eigenvalue weighted by Gasteiger charge is 2.16. The fourth-order valence-corrected chi connectivity index (χ4v) is 1.41. The Morgan fingerprint density at radius 1 is 1.27 bits per heavy atom. The van der Waals surface area contributed by atoms with E-state index >= 15 is 0 Å². The Kier molecular flexibility index (Phi) is 2.08. The number of para-hydroxylation sites is 1. The van der Waals surface area contributed by atoms with Gasteiger partial charge in [-0.25, -0.2) is 0 Å². The Bertz CT molecular complexity index is 225. The highest BCUT2D eigenvalue weighted by molar-refractivity contribution is 6.18. The average Bonchev–Trinajstić information content (AvgIpc) is 2.58. The van der Waals surface area contributed by atoms with Crippen LogP contribution in [0, 0.1) is 0 Å². The Morgan fingerprint density at radius 2 is 2.09 bits per heavy atom. The van der Waals surface area contributed by atoms with Crippen LogP contribution in [0.3, 0.4) is 0 Å². The van der Waals surface area contributed by atoms with Crippen LogP contribution in [0.4, 0.5) is 5.69 Å². The Labute approximate surface area is 71.0 Å². The molecule has 11 heavy (non-hydrogen) atoms. The van der Waals surface area contributed by atoms with Crippen LogP contribution in [-0.2, 0) is 7.78 Å². The van der Waals surface area contributed by atoms with E-state index in [4.69, 9.17) is 7.78 Å². The molecule has 1 aromatic carbocycles. The maximum Gasteiger partial charge on any atom is 0.693 e. The van der Waals surface area contributed by atoms with Gasteiger partial charge in [0, 0.05) is 0 Å². The Hall–Kier alpha value is -0.568. The zero-order valence-electron chi connectivity index (χ0n) is 5.86. The molecule has 1 N–H and O–H groups in total. The van der Waals surface area contributed by atoms with Crippen molar-refractivity contribution < 1.29 is 7.78 Å². The van der Waals surface area contributed by atoms with Gasteiger partial charge in [0.25, 0.3) is 0 Å². The van der Waals surface area contributed by atoms with Crippen molar-refractivity contribution in [2.45, 2.75) is 0 Å². The maximum atomic E-state index is 5.18. The highest BCUT2D eigenvalue weighted by Crippen LogP contribution is 2.12. The van der Waals surface area contributed by atoms with Crippen molar-refractivity contribution in [1.82, 2.24) is 5.59 Å². The van der Waals surface area contributed by atoms with Crippen LogP contribution in [0.5, 0.6) is 0 Å². The van der Waals surface area contributed by atoms with Crippen molar-refractivity contribution in [2.75, 3.05) is 5.17 Å². The molecule has 1 fully saturated rings. The first kappa shape index (κ1) is 7.10. The number of rotatable bonds is 1. The van der Waals surface area contributed by atoms with Gasteiger partial charge in [-0.1, -0.05) is 18.2 Å². The summed E-state index contributed by atoms with van der Waals surface area (Å²) in [4.78, 5) is 0. The zero-order chi connectivity index (χ0) is 7.52. The summed E-state index contributed by atoms with van der Waals surface area (Å²) in [7, 11) is 0.